The molecule has 2 amide bonds. The number of nitrogens with zero attached hydrogens (tertiary/aromatic N) is 2. The number of nitro benzene ring substituents is 1. The third-order valence-electron chi connectivity index (χ3n) is 5.95. The van der Waals surface area contributed by atoms with Crippen molar-refractivity contribution in [3.8, 4) is 0 Å². The number of benzene rings is 3. The minimum Gasteiger partial charge on any atom is -0.352 e. The van der Waals surface area contributed by atoms with Gasteiger partial charge in [0.1, 0.15) is 6.04 Å². The number of aryl methyl sites for hydroxylation is 1. The van der Waals surface area contributed by atoms with Crippen molar-refractivity contribution >= 4 is 29.3 Å². The number of nitro groups is 1. The molecule has 37 heavy (non-hydrogen) atoms. The molecule has 3 aromatic rings. The average Bonchev–Trinajstić information content (AvgIpc) is 2.87. The van der Waals surface area contributed by atoms with E-state index in [1.165, 1.54) is 23.9 Å². The molecule has 0 bridgehead atoms. The summed E-state index contributed by atoms with van der Waals surface area (Å²) >= 11 is 1.43. The molecule has 1 atom stereocenters. The number of nitrogens with one attached hydrogen (secondary N) is 1. The largest absolute Gasteiger partial charge is 0.352 e. The number of thioether (sulfide) groups is 1. The van der Waals surface area contributed by atoms with Crippen molar-refractivity contribution in [2.24, 2.45) is 0 Å². The fourth-order valence-corrected chi connectivity index (χ4v) is 4.83. The molecule has 0 spiro atoms. The minimum absolute atomic E-state index is 0.0363. The Morgan fingerprint density at radius 1 is 0.946 bits per heavy atom. The summed E-state index contributed by atoms with van der Waals surface area (Å²) in [4.78, 5) is 39.2. The van der Waals surface area contributed by atoms with E-state index in [0.717, 1.165) is 22.3 Å². The van der Waals surface area contributed by atoms with Crippen LogP contribution in [0.1, 0.15) is 36.1 Å². The summed E-state index contributed by atoms with van der Waals surface area (Å²) in [7, 11) is 0. The summed E-state index contributed by atoms with van der Waals surface area (Å²) in [5.41, 5.74) is 3.96. The third kappa shape index (κ3) is 8.46. The number of carbonyl (C=O) groups is 2. The van der Waals surface area contributed by atoms with Crippen molar-refractivity contribution in [3.63, 3.8) is 0 Å². The highest BCUT2D eigenvalue weighted by Crippen LogP contribution is 2.21. The van der Waals surface area contributed by atoms with E-state index in [0.29, 0.717) is 18.7 Å². The Morgan fingerprint density at radius 3 is 2.22 bits per heavy atom. The molecule has 3 rings (SSSR count). The first-order chi connectivity index (χ1) is 17.7. The zero-order valence-corrected chi connectivity index (χ0v) is 22.2. The van der Waals surface area contributed by atoms with Gasteiger partial charge in [-0.25, -0.2) is 0 Å². The Kier molecular flexibility index (Phi) is 10.3. The van der Waals surface area contributed by atoms with Crippen LogP contribution < -0.4 is 5.32 Å². The molecule has 0 fully saturated rings. The van der Waals surface area contributed by atoms with Gasteiger partial charge < -0.3 is 10.2 Å². The molecule has 0 heterocycles. The van der Waals surface area contributed by atoms with Gasteiger partial charge in [0.05, 0.1) is 10.7 Å². The van der Waals surface area contributed by atoms with Gasteiger partial charge in [0.2, 0.25) is 11.8 Å². The molecule has 0 saturated carbocycles. The van der Waals surface area contributed by atoms with E-state index in [9.17, 15) is 19.7 Å². The lowest BCUT2D eigenvalue weighted by molar-refractivity contribution is -0.384. The molecular formula is C29H33N3O4S. The van der Waals surface area contributed by atoms with Gasteiger partial charge >= 0.3 is 0 Å². The molecule has 0 radical (unpaired) electrons. The first kappa shape index (κ1) is 27.9. The van der Waals surface area contributed by atoms with Crippen LogP contribution in [0.2, 0.25) is 0 Å². The Bertz CT molecular complexity index is 1200. The summed E-state index contributed by atoms with van der Waals surface area (Å²) in [5, 5.41) is 13.9. The van der Waals surface area contributed by atoms with Gasteiger partial charge in [0.25, 0.3) is 5.69 Å². The van der Waals surface area contributed by atoms with Crippen molar-refractivity contribution < 1.29 is 14.5 Å². The molecule has 0 aliphatic rings. The van der Waals surface area contributed by atoms with Crippen molar-refractivity contribution in [3.05, 3.63) is 111 Å². The first-order valence-electron chi connectivity index (χ1n) is 12.2. The maximum atomic E-state index is 13.7. The molecule has 0 unspecified atom stereocenters. The normalized spacial score (nSPS) is 11.7. The second-order valence-electron chi connectivity index (χ2n) is 9.23. The molecule has 0 aliphatic carbocycles. The topological polar surface area (TPSA) is 92.6 Å². The standard InChI is InChI=1S/C29H33N3O4S/c1-21(2)30-29(34)27(17-23-10-5-4-6-11-23)31(18-25-12-8-7-9-22(25)3)28(33)20-37-19-24-13-15-26(16-14-24)32(35)36/h4-16,21,27H,17-20H2,1-3H3,(H,30,34)/t27-/m0/s1. The van der Waals surface area contributed by atoms with Gasteiger partial charge in [-0.3, -0.25) is 19.7 Å². The quantitative estimate of drug-likeness (QED) is 0.259. The minimum atomic E-state index is -0.670. The Hall–Kier alpha value is -3.65. The van der Waals surface area contributed by atoms with Crippen LogP contribution in [0.25, 0.3) is 0 Å². The fourth-order valence-electron chi connectivity index (χ4n) is 3.96. The lowest BCUT2D eigenvalue weighted by Crippen LogP contribution is -2.52. The van der Waals surface area contributed by atoms with Gasteiger partial charge in [-0.2, -0.15) is 0 Å². The molecule has 0 aliphatic heterocycles. The van der Waals surface area contributed by atoms with E-state index < -0.39 is 11.0 Å². The lowest BCUT2D eigenvalue weighted by atomic mass is 10.0. The Morgan fingerprint density at radius 2 is 1.59 bits per heavy atom. The smallest absolute Gasteiger partial charge is 0.269 e. The molecular weight excluding hydrogens is 486 g/mol. The predicted octanol–water partition coefficient (Wildman–Crippen LogP) is 5.30. The second-order valence-corrected chi connectivity index (χ2v) is 10.2. The summed E-state index contributed by atoms with van der Waals surface area (Å²) < 4.78 is 0. The number of rotatable bonds is 12. The second kappa shape index (κ2) is 13.6. The monoisotopic (exact) mass is 519 g/mol. The highest BCUT2D eigenvalue weighted by atomic mass is 32.2. The van der Waals surface area contributed by atoms with Crippen LogP contribution in [0, 0.1) is 17.0 Å². The zero-order chi connectivity index (χ0) is 26.8. The van der Waals surface area contributed by atoms with Gasteiger partial charge in [0, 0.05) is 36.9 Å². The summed E-state index contributed by atoms with van der Waals surface area (Å²) in [6.07, 6.45) is 0.407. The van der Waals surface area contributed by atoms with E-state index in [1.807, 2.05) is 75.4 Å². The number of hydrogen-bond donors (Lipinski definition) is 1. The van der Waals surface area contributed by atoms with E-state index in [1.54, 1.807) is 17.0 Å². The summed E-state index contributed by atoms with van der Waals surface area (Å²) in [5.74, 6) is 0.406. The van der Waals surface area contributed by atoms with Gasteiger partial charge in [-0.1, -0.05) is 66.7 Å². The van der Waals surface area contributed by atoms with Crippen LogP contribution in [0.4, 0.5) is 5.69 Å². The molecule has 8 heteroatoms. The number of carbonyl (C=O) groups excluding carboxylic acids is 2. The summed E-state index contributed by atoms with van der Waals surface area (Å²) in [6, 6.07) is 23.2. The molecule has 3 aromatic carbocycles. The highest BCUT2D eigenvalue weighted by molar-refractivity contribution is 7.99. The van der Waals surface area contributed by atoms with E-state index in [4.69, 9.17) is 0 Å². The van der Waals surface area contributed by atoms with Crippen molar-refractivity contribution in [2.75, 3.05) is 5.75 Å². The highest BCUT2D eigenvalue weighted by Gasteiger charge is 2.30. The molecule has 0 aromatic heterocycles. The van der Waals surface area contributed by atoms with E-state index in [2.05, 4.69) is 5.32 Å². The lowest BCUT2D eigenvalue weighted by Gasteiger charge is -2.32. The van der Waals surface area contributed by atoms with Gasteiger partial charge in [-0.05, 0) is 43.0 Å². The first-order valence-corrected chi connectivity index (χ1v) is 13.4. The maximum Gasteiger partial charge on any atom is 0.269 e. The molecule has 0 saturated heterocycles. The molecule has 7 nitrogen and oxygen atoms in total. The van der Waals surface area contributed by atoms with Crippen LogP contribution in [-0.2, 0) is 28.3 Å². The van der Waals surface area contributed by atoms with Gasteiger partial charge in [-0.15, -0.1) is 11.8 Å². The Labute approximate surface area is 222 Å². The zero-order valence-electron chi connectivity index (χ0n) is 21.4. The number of non-ortho nitro benzene ring substituents is 1. The Balaban J connectivity index is 1.83. The van der Waals surface area contributed by atoms with E-state index in [-0.39, 0.29) is 29.3 Å². The van der Waals surface area contributed by atoms with Crippen LogP contribution in [0.15, 0.2) is 78.9 Å². The molecule has 1 N–H and O–H groups in total. The summed E-state index contributed by atoms with van der Waals surface area (Å²) in [6.45, 7) is 6.14. The van der Waals surface area contributed by atoms with Crippen molar-refractivity contribution in [1.29, 1.82) is 0 Å². The van der Waals surface area contributed by atoms with Crippen molar-refractivity contribution in [1.82, 2.24) is 10.2 Å². The van der Waals surface area contributed by atoms with Crippen LogP contribution in [0.3, 0.4) is 0 Å². The predicted molar refractivity (Wildman–Crippen MR) is 148 cm³/mol. The van der Waals surface area contributed by atoms with E-state index >= 15 is 0 Å². The van der Waals surface area contributed by atoms with Crippen LogP contribution in [0.5, 0.6) is 0 Å². The van der Waals surface area contributed by atoms with Crippen LogP contribution >= 0.6 is 11.8 Å². The maximum absolute atomic E-state index is 13.7. The third-order valence-corrected chi connectivity index (χ3v) is 6.93. The number of hydrogen-bond acceptors (Lipinski definition) is 5. The molecule has 194 valence electrons. The average molecular weight is 520 g/mol. The van der Waals surface area contributed by atoms with Crippen LogP contribution in [-0.4, -0.2) is 39.5 Å². The fraction of sp³-hybridized carbons (Fsp3) is 0.310. The number of amides is 2. The van der Waals surface area contributed by atoms with Crippen molar-refractivity contribution in [2.45, 2.75) is 51.6 Å². The SMILES string of the molecule is Cc1ccccc1CN(C(=O)CSCc1ccc([N+](=O)[O-])cc1)[C@@H](Cc1ccccc1)C(=O)NC(C)C. The van der Waals surface area contributed by atoms with Gasteiger partial charge in [0.15, 0.2) is 0 Å².